The Morgan fingerprint density at radius 2 is 1.39 bits per heavy atom. The molecular weight excluding hydrogens is 219 g/mol. The van der Waals surface area contributed by atoms with E-state index in [2.05, 4.69) is 12.1 Å². The Morgan fingerprint density at radius 1 is 0.722 bits per heavy atom. The Kier molecular flexibility index (Phi) is 1.84. The normalized spacial score (nSPS) is 11.6. The molecule has 0 aliphatic rings. The summed E-state index contributed by atoms with van der Waals surface area (Å²) in [6.07, 6.45) is 0. The number of hydrogen-bond acceptors (Lipinski definition) is 1. The Balaban J connectivity index is 2.36. The van der Waals surface area contributed by atoms with Crippen LogP contribution < -0.4 is 5.46 Å². The molecule has 0 spiro atoms. The summed E-state index contributed by atoms with van der Waals surface area (Å²) in [5, 5.41) is 4.32. The molecule has 1 heterocycles. The van der Waals surface area contributed by atoms with Gasteiger partial charge in [0.05, 0.1) is 0 Å². The van der Waals surface area contributed by atoms with Gasteiger partial charge in [-0.05, 0) is 11.5 Å². The van der Waals surface area contributed by atoms with E-state index in [1.807, 2.05) is 42.5 Å². The first-order valence-corrected chi connectivity index (χ1v) is 5.93. The summed E-state index contributed by atoms with van der Waals surface area (Å²) < 4.78 is 5.97. The molecule has 0 saturated heterocycles. The van der Waals surface area contributed by atoms with Crippen LogP contribution in [0.5, 0.6) is 0 Å². The Labute approximate surface area is 105 Å². The van der Waals surface area contributed by atoms with E-state index in [1.54, 1.807) is 0 Å². The zero-order valence-electron chi connectivity index (χ0n) is 9.68. The van der Waals surface area contributed by atoms with Crippen LogP contribution >= 0.6 is 0 Å². The lowest BCUT2D eigenvalue weighted by Gasteiger charge is -2.02. The van der Waals surface area contributed by atoms with Crippen molar-refractivity contribution >= 4 is 46.0 Å². The van der Waals surface area contributed by atoms with Crippen molar-refractivity contribution in [2.24, 2.45) is 0 Å². The van der Waals surface area contributed by atoms with Crippen LogP contribution in [0.1, 0.15) is 0 Å². The van der Waals surface area contributed by atoms with E-state index in [0.717, 1.165) is 38.2 Å². The van der Waals surface area contributed by atoms with Crippen LogP contribution in [0.3, 0.4) is 0 Å². The van der Waals surface area contributed by atoms with Crippen molar-refractivity contribution in [3.8, 4) is 0 Å². The summed E-state index contributed by atoms with van der Waals surface area (Å²) in [6, 6.07) is 18.1. The summed E-state index contributed by atoms with van der Waals surface area (Å²) in [6.45, 7) is 0. The standard InChI is InChI=1S/C16H9BO/c17-14-9-13-11-6-3-4-8-15(11)18-16(13)12-7-2-1-5-10(12)14/h1-9H. The Bertz CT molecular complexity index is 889. The van der Waals surface area contributed by atoms with Crippen molar-refractivity contribution in [2.45, 2.75) is 0 Å². The summed E-state index contributed by atoms with van der Waals surface area (Å²) >= 11 is 0. The van der Waals surface area contributed by atoms with E-state index >= 15 is 0 Å². The number of benzene rings is 3. The average Bonchev–Trinajstić information content (AvgIpc) is 2.78. The lowest BCUT2D eigenvalue weighted by atomic mass is 9.88. The second-order valence-corrected chi connectivity index (χ2v) is 4.49. The molecule has 4 rings (SSSR count). The molecule has 0 aliphatic heterocycles. The predicted molar refractivity (Wildman–Crippen MR) is 76.6 cm³/mol. The summed E-state index contributed by atoms with van der Waals surface area (Å²) in [7, 11) is 6.13. The van der Waals surface area contributed by atoms with Crippen LogP contribution in [0.15, 0.2) is 59.0 Å². The first kappa shape index (κ1) is 9.78. The van der Waals surface area contributed by atoms with Crippen LogP contribution in [0.25, 0.3) is 32.7 Å². The topological polar surface area (TPSA) is 13.1 Å². The minimum Gasteiger partial charge on any atom is -0.455 e. The van der Waals surface area contributed by atoms with Gasteiger partial charge in [-0.15, -0.1) is 0 Å². The maximum Gasteiger partial charge on any atom is 0.143 e. The largest absolute Gasteiger partial charge is 0.455 e. The van der Waals surface area contributed by atoms with Gasteiger partial charge in [0.15, 0.2) is 0 Å². The number of furan rings is 1. The van der Waals surface area contributed by atoms with Gasteiger partial charge in [0.1, 0.15) is 19.0 Å². The highest BCUT2D eigenvalue weighted by Gasteiger charge is 2.10. The molecular formula is C16H9BO. The minimum absolute atomic E-state index is 0.796. The molecule has 0 amide bonds. The highest BCUT2D eigenvalue weighted by atomic mass is 16.3. The molecule has 0 unspecified atom stereocenters. The van der Waals surface area contributed by atoms with Gasteiger partial charge >= 0.3 is 0 Å². The first-order chi connectivity index (χ1) is 8.84. The monoisotopic (exact) mass is 228 g/mol. The third-order valence-corrected chi connectivity index (χ3v) is 3.42. The maximum atomic E-state index is 6.13. The molecule has 1 aromatic heterocycles. The fourth-order valence-electron chi connectivity index (χ4n) is 2.57. The molecule has 4 aromatic rings. The zero-order chi connectivity index (χ0) is 12.1. The van der Waals surface area contributed by atoms with Gasteiger partial charge in [-0.2, -0.15) is 0 Å². The lowest BCUT2D eigenvalue weighted by Crippen LogP contribution is -2.02. The van der Waals surface area contributed by atoms with Crippen LogP contribution in [-0.2, 0) is 0 Å². The van der Waals surface area contributed by atoms with Crippen LogP contribution in [-0.4, -0.2) is 7.85 Å². The van der Waals surface area contributed by atoms with E-state index in [1.165, 1.54) is 0 Å². The Hall–Kier alpha value is -2.22. The van der Waals surface area contributed by atoms with E-state index in [0.29, 0.717) is 0 Å². The number of fused-ring (bicyclic) bond motifs is 5. The molecule has 0 fully saturated rings. The minimum atomic E-state index is 0.796. The SMILES string of the molecule is [B]c1cc2c3ccccc3oc2c2ccccc12. The molecule has 0 saturated carbocycles. The Morgan fingerprint density at radius 3 is 2.22 bits per heavy atom. The molecule has 0 bridgehead atoms. The molecule has 2 radical (unpaired) electrons. The molecule has 0 atom stereocenters. The van der Waals surface area contributed by atoms with Crippen LogP contribution in [0.2, 0.25) is 0 Å². The van der Waals surface area contributed by atoms with Gasteiger partial charge in [0.2, 0.25) is 0 Å². The van der Waals surface area contributed by atoms with Gasteiger partial charge in [-0.25, -0.2) is 0 Å². The number of para-hydroxylation sites is 1. The van der Waals surface area contributed by atoms with Crippen molar-refractivity contribution in [3.63, 3.8) is 0 Å². The van der Waals surface area contributed by atoms with Gasteiger partial charge in [0, 0.05) is 16.2 Å². The highest BCUT2D eigenvalue weighted by Crippen LogP contribution is 2.32. The smallest absolute Gasteiger partial charge is 0.143 e. The molecule has 3 aromatic carbocycles. The molecule has 0 N–H and O–H groups in total. The second kappa shape index (κ2) is 3.39. The molecule has 1 nitrogen and oxygen atoms in total. The fraction of sp³-hybridized carbons (Fsp3) is 0. The average molecular weight is 228 g/mol. The first-order valence-electron chi connectivity index (χ1n) is 5.93. The summed E-state index contributed by atoms with van der Waals surface area (Å²) in [5.74, 6) is 0. The number of rotatable bonds is 0. The second-order valence-electron chi connectivity index (χ2n) is 4.49. The summed E-state index contributed by atoms with van der Waals surface area (Å²) in [5.41, 5.74) is 2.62. The molecule has 18 heavy (non-hydrogen) atoms. The third-order valence-electron chi connectivity index (χ3n) is 3.42. The summed E-state index contributed by atoms with van der Waals surface area (Å²) in [4.78, 5) is 0. The van der Waals surface area contributed by atoms with Crippen molar-refractivity contribution in [1.29, 1.82) is 0 Å². The quantitative estimate of drug-likeness (QED) is 0.419. The fourth-order valence-corrected chi connectivity index (χ4v) is 2.57. The zero-order valence-corrected chi connectivity index (χ0v) is 9.68. The number of hydrogen-bond donors (Lipinski definition) is 0. The highest BCUT2D eigenvalue weighted by molar-refractivity contribution is 6.41. The predicted octanol–water partition coefficient (Wildman–Crippen LogP) is 3.53. The van der Waals surface area contributed by atoms with Crippen LogP contribution in [0, 0.1) is 0 Å². The van der Waals surface area contributed by atoms with Crippen molar-refractivity contribution in [2.75, 3.05) is 0 Å². The van der Waals surface area contributed by atoms with Crippen LogP contribution in [0.4, 0.5) is 0 Å². The van der Waals surface area contributed by atoms with Gasteiger partial charge in [0.25, 0.3) is 0 Å². The molecule has 82 valence electrons. The van der Waals surface area contributed by atoms with E-state index < -0.39 is 0 Å². The van der Waals surface area contributed by atoms with E-state index in [4.69, 9.17) is 12.3 Å². The maximum absolute atomic E-state index is 6.13. The molecule has 2 heteroatoms. The van der Waals surface area contributed by atoms with E-state index in [-0.39, 0.29) is 0 Å². The van der Waals surface area contributed by atoms with Crippen molar-refractivity contribution in [1.82, 2.24) is 0 Å². The van der Waals surface area contributed by atoms with Crippen molar-refractivity contribution < 1.29 is 4.42 Å². The van der Waals surface area contributed by atoms with Gasteiger partial charge in [-0.3, -0.25) is 0 Å². The van der Waals surface area contributed by atoms with Crippen molar-refractivity contribution in [3.05, 3.63) is 54.6 Å². The molecule has 0 aliphatic carbocycles. The lowest BCUT2D eigenvalue weighted by molar-refractivity contribution is 0.673. The van der Waals surface area contributed by atoms with Gasteiger partial charge < -0.3 is 4.42 Å². The van der Waals surface area contributed by atoms with Gasteiger partial charge in [-0.1, -0.05) is 54.0 Å². The third kappa shape index (κ3) is 1.18. The van der Waals surface area contributed by atoms with E-state index in [9.17, 15) is 0 Å².